The molecule has 7 heteroatoms. The lowest BCUT2D eigenvalue weighted by molar-refractivity contribution is -0.385. The summed E-state index contributed by atoms with van der Waals surface area (Å²) in [6.07, 6.45) is 1.77. The Labute approximate surface area is 163 Å². The number of rotatable bonds is 8. The maximum Gasteiger partial charge on any atom is 0.272 e. The molecule has 3 aromatic rings. The van der Waals surface area contributed by atoms with Crippen LogP contribution in [0.3, 0.4) is 0 Å². The third kappa shape index (κ3) is 4.80. The van der Waals surface area contributed by atoms with E-state index in [0.29, 0.717) is 6.54 Å². The first-order valence-electron chi connectivity index (χ1n) is 9.15. The quantitative estimate of drug-likeness (QED) is 0.460. The van der Waals surface area contributed by atoms with E-state index in [-0.39, 0.29) is 16.4 Å². The predicted molar refractivity (Wildman–Crippen MR) is 106 cm³/mol. The van der Waals surface area contributed by atoms with Gasteiger partial charge in [0, 0.05) is 29.4 Å². The zero-order chi connectivity index (χ0) is 20.1. The molecule has 0 bridgehead atoms. The van der Waals surface area contributed by atoms with Crippen LogP contribution >= 0.6 is 0 Å². The van der Waals surface area contributed by atoms with Gasteiger partial charge in [-0.25, -0.2) is 4.39 Å². The molecule has 0 unspecified atom stereocenters. The Morgan fingerprint density at radius 3 is 2.68 bits per heavy atom. The Balaban J connectivity index is 1.52. The van der Waals surface area contributed by atoms with Gasteiger partial charge in [-0.15, -0.1) is 0 Å². The molecule has 146 valence electrons. The molecule has 1 aromatic heterocycles. The Kier molecular flexibility index (Phi) is 6.16. The predicted octanol–water partition coefficient (Wildman–Crippen LogP) is 4.50. The average Bonchev–Trinajstić information content (AvgIpc) is 3.12. The van der Waals surface area contributed by atoms with Crippen molar-refractivity contribution in [1.82, 2.24) is 15.1 Å². The lowest BCUT2D eigenvalue weighted by Crippen LogP contribution is -2.20. The van der Waals surface area contributed by atoms with E-state index in [1.54, 1.807) is 25.1 Å². The smallest absolute Gasteiger partial charge is 0.272 e. The van der Waals surface area contributed by atoms with Crippen LogP contribution in [0.1, 0.15) is 23.2 Å². The van der Waals surface area contributed by atoms with Crippen molar-refractivity contribution in [3.8, 4) is 11.3 Å². The highest BCUT2D eigenvalue weighted by Gasteiger charge is 2.14. The summed E-state index contributed by atoms with van der Waals surface area (Å²) in [5.41, 5.74) is 4.56. The van der Waals surface area contributed by atoms with Gasteiger partial charge in [-0.3, -0.25) is 15.2 Å². The number of nitro benzene ring substituents is 1. The minimum absolute atomic E-state index is 0.164. The molecule has 0 fully saturated rings. The van der Waals surface area contributed by atoms with Gasteiger partial charge in [0.2, 0.25) is 0 Å². The van der Waals surface area contributed by atoms with Crippen molar-refractivity contribution in [3.63, 3.8) is 0 Å². The lowest BCUT2D eigenvalue weighted by atomic mass is 10.1. The van der Waals surface area contributed by atoms with Crippen molar-refractivity contribution < 1.29 is 9.31 Å². The van der Waals surface area contributed by atoms with E-state index < -0.39 is 0 Å². The van der Waals surface area contributed by atoms with Gasteiger partial charge in [0.25, 0.3) is 5.69 Å². The van der Waals surface area contributed by atoms with E-state index in [0.717, 1.165) is 47.5 Å². The van der Waals surface area contributed by atoms with E-state index >= 15 is 0 Å². The molecule has 3 rings (SSSR count). The molecule has 0 atom stereocenters. The molecular weight excluding hydrogens is 359 g/mol. The molecular formula is C21H23FN4O2. The standard InChI is InChI=1S/C21H23FN4O2/c1-15-17(5-3-7-21(15)26(27)28)14-25(2)12-4-6-19-13-20(24-23-19)16-8-10-18(22)11-9-16/h3,5,7-11,13H,4,6,12,14H2,1-2H3,(H,23,24). The number of nitrogens with one attached hydrogen (secondary N) is 1. The molecule has 0 aliphatic rings. The summed E-state index contributed by atoms with van der Waals surface area (Å²) in [7, 11) is 2.01. The van der Waals surface area contributed by atoms with Crippen molar-refractivity contribution in [2.75, 3.05) is 13.6 Å². The molecule has 0 saturated carbocycles. The van der Waals surface area contributed by atoms with Crippen LogP contribution in [0.25, 0.3) is 11.3 Å². The highest BCUT2D eigenvalue weighted by Crippen LogP contribution is 2.22. The summed E-state index contributed by atoms with van der Waals surface area (Å²) in [6, 6.07) is 13.5. The lowest BCUT2D eigenvalue weighted by Gasteiger charge is -2.17. The minimum Gasteiger partial charge on any atom is -0.302 e. The first-order chi connectivity index (χ1) is 13.4. The number of H-pyrrole nitrogens is 1. The molecule has 1 N–H and O–H groups in total. The van der Waals surface area contributed by atoms with Crippen LogP contribution in [-0.2, 0) is 13.0 Å². The number of halogens is 1. The van der Waals surface area contributed by atoms with Crippen LogP contribution in [0.4, 0.5) is 10.1 Å². The Morgan fingerprint density at radius 2 is 1.96 bits per heavy atom. The van der Waals surface area contributed by atoms with Crippen molar-refractivity contribution in [1.29, 1.82) is 0 Å². The zero-order valence-electron chi connectivity index (χ0n) is 16.0. The first kappa shape index (κ1) is 19.7. The van der Waals surface area contributed by atoms with Crippen molar-refractivity contribution >= 4 is 5.69 Å². The van der Waals surface area contributed by atoms with Crippen LogP contribution in [-0.4, -0.2) is 33.6 Å². The summed E-state index contributed by atoms with van der Waals surface area (Å²) >= 11 is 0. The number of nitro groups is 1. The van der Waals surface area contributed by atoms with Crippen molar-refractivity contribution in [3.05, 3.63) is 81.3 Å². The Morgan fingerprint density at radius 1 is 1.21 bits per heavy atom. The zero-order valence-corrected chi connectivity index (χ0v) is 16.0. The number of nitrogens with zero attached hydrogens (tertiary/aromatic N) is 3. The van der Waals surface area contributed by atoms with Crippen LogP contribution < -0.4 is 0 Å². The molecule has 0 radical (unpaired) electrons. The Bertz CT molecular complexity index is 953. The van der Waals surface area contributed by atoms with E-state index in [1.165, 1.54) is 18.2 Å². The Hall–Kier alpha value is -3.06. The number of benzene rings is 2. The van der Waals surface area contributed by atoms with Gasteiger partial charge in [-0.05, 0) is 69.3 Å². The number of aromatic amines is 1. The molecule has 0 aliphatic carbocycles. The van der Waals surface area contributed by atoms with Gasteiger partial charge in [-0.2, -0.15) is 5.10 Å². The highest BCUT2D eigenvalue weighted by atomic mass is 19.1. The maximum absolute atomic E-state index is 13.0. The molecule has 0 saturated heterocycles. The topological polar surface area (TPSA) is 75.1 Å². The summed E-state index contributed by atoms with van der Waals surface area (Å²) in [5.74, 6) is -0.262. The van der Waals surface area contributed by atoms with E-state index in [2.05, 4.69) is 15.1 Å². The number of aromatic nitrogens is 2. The average molecular weight is 382 g/mol. The second-order valence-corrected chi connectivity index (χ2v) is 6.95. The normalized spacial score (nSPS) is 11.1. The first-order valence-corrected chi connectivity index (χ1v) is 9.15. The van der Waals surface area contributed by atoms with Crippen LogP contribution in [0.15, 0.2) is 48.5 Å². The molecule has 0 spiro atoms. The fourth-order valence-electron chi connectivity index (χ4n) is 3.21. The van der Waals surface area contributed by atoms with Crippen LogP contribution in [0.2, 0.25) is 0 Å². The van der Waals surface area contributed by atoms with Crippen LogP contribution in [0.5, 0.6) is 0 Å². The molecule has 28 heavy (non-hydrogen) atoms. The second kappa shape index (κ2) is 8.75. The fourth-order valence-corrected chi connectivity index (χ4v) is 3.21. The second-order valence-electron chi connectivity index (χ2n) is 6.95. The largest absolute Gasteiger partial charge is 0.302 e. The monoisotopic (exact) mass is 382 g/mol. The molecule has 6 nitrogen and oxygen atoms in total. The van der Waals surface area contributed by atoms with E-state index in [4.69, 9.17) is 0 Å². The maximum atomic E-state index is 13.0. The molecule has 0 aliphatic heterocycles. The summed E-state index contributed by atoms with van der Waals surface area (Å²) in [5, 5.41) is 18.4. The highest BCUT2D eigenvalue weighted by molar-refractivity contribution is 5.59. The van der Waals surface area contributed by atoms with Gasteiger partial charge < -0.3 is 4.90 Å². The van der Waals surface area contributed by atoms with Crippen LogP contribution in [0, 0.1) is 22.9 Å². The van der Waals surface area contributed by atoms with E-state index in [1.807, 2.05) is 19.2 Å². The summed E-state index contributed by atoms with van der Waals surface area (Å²) in [6.45, 7) is 3.31. The van der Waals surface area contributed by atoms with Crippen molar-refractivity contribution in [2.24, 2.45) is 0 Å². The third-order valence-corrected chi connectivity index (χ3v) is 4.81. The summed E-state index contributed by atoms with van der Waals surface area (Å²) < 4.78 is 13.0. The van der Waals surface area contributed by atoms with Gasteiger partial charge in [-0.1, -0.05) is 12.1 Å². The molecule has 0 amide bonds. The third-order valence-electron chi connectivity index (χ3n) is 4.81. The molecule has 1 heterocycles. The number of aryl methyl sites for hydroxylation is 1. The minimum atomic E-state index is -0.338. The fraction of sp³-hybridized carbons (Fsp3) is 0.286. The van der Waals surface area contributed by atoms with E-state index in [9.17, 15) is 14.5 Å². The number of hydrogen-bond acceptors (Lipinski definition) is 4. The number of hydrogen-bond donors (Lipinski definition) is 1. The van der Waals surface area contributed by atoms with Gasteiger partial charge in [0.05, 0.1) is 10.6 Å². The summed E-state index contributed by atoms with van der Waals surface area (Å²) in [4.78, 5) is 12.9. The van der Waals surface area contributed by atoms with Gasteiger partial charge in [0.1, 0.15) is 5.82 Å². The molecule has 2 aromatic carbocycles. The SMILES string of the molecule is Cc1c(CN(C)CCCc2cc(-c3ccc(F)cc3)n[nH]2)cccc1[N+](=O)[O-]. The van der Waals surface area contributed by atoms with Crippen molar-refractivity contribution in [2.45, 2.75) is 26.3 Å². The van der Waals surface area contributed by atoms with Gasteiger partial charge >= 0.3 is 0 Å². The van der Waals surface area contributed by atoms with Gasteiger partial charge in [0.15, 0.2) is 0 Å².